The van der Waals surface area contributed by atoms with Crippen molar-refractivity contribution in [1.82, 2.24) is 4.90 Å². The Kier molecular flexibility index (Phi) is 6.70. The number of methoxy groups -OCH3 is 1. The van der Waals surface area contributed by atoms with Crippen LogP contribution in [0, 0.1) is 0 Å². The number of halogens is 1. The van der Waals surface area contributed by atoms with Crippen LogP contribution in [-0.4, -0.2) is 46.5 Å². The molecule has 0 atom stereocenters. The van der Waals surface area contributed by atoms with Gasteiger partial charge in [-0.05, 0) is 55.3 Å². The molecule has 0 saturated carbocycles. The average Bonchev–Trinajstić information content (AvgIpc) is 3.02. The number of benzene rings is 2. The van der Waals surface area contributed by atoms with E-state index in [-0.39, 0.29) is 15.8 Å². The number of carbonyl (C=O) groups excluding carboxylic acids is 1. The number of nitrogens with zero attached hydrogens (tertiary/aromatic N) is 2. The van der Waals surface area contributed by atoms with Crippen LogP contribution in [0.4, 0.5) is 5.69 Å². The van der Waals surface area contributed by atoms with Crippen LogP contribution in [0.3, 0.4) is 0 Å². The third-order valence-electron chi connectivity index (χ3n) is 5.16. The third-order valence-corrected chi connectivity index (χ3v) is 7.27. The summed E-state index contributed by atoms with van der Waals surface area (Å²) in [6, 6.07) is 10.9. The van der Waals surface area contributed by atoms with Gasteiger partial charge in [-0.1, -0.05) is 24.4 Å². The van der Waals surface area contributed by atoms with Gasteiger partial charge in [-0.15, -0.1) is 0 Å². The fourth-order valence-corrected chi connectivity index (χ4v) is 4.81. The van der Waals surface area contributed by atoms with Crippen LogP contribution in [0.5, 0.6) is 5.75 Å². The number of hydrogen-bond acceptors (Lipinski definition) is 4. The highest BCUT2D eigenvalue weighted by Crippen LogP contribution is 2.29. The van der Waals surface area contributed by atoms with Crippen molar-refractivity contribution in [3.8, 4) is 5.75 Å². The first-order valence-electron chi connectivity index (χ1n) is 9.56. The van der Waals surface area contributed by atoms with E-state index in [1.165, 1.54) is 32.4 Å². The number of carbonyl (C=O) groups is 1. The summed E-state index contributed by atoms with van der Waals surface area (Å²) in [6.45, 7) is 1.45. The molecule has 1 amide bonds. The Labute approximate surface area is 177 Å². The molecule has 1 saturated heterocycles. The number of hydrogen-bond donors (Lipinski definition) is 0. The summed E-state index contributed by atoms with van der Waals surface area (Å²) in [7, 11) is -0.789. The van der Waals surface area contributed by atoms with E-state index in [4.69, 9.17) is 16.3 Å². The highest BCUT2D eigenvalue weighted by Gasteiger charge is 2.24. The van der Waals surface area contributed by atoms with Gasteiger partial charge >= 0.3 is 0 Å². The molecule has 0 N–H and O–H groups in total. The molecule has 1 aliphatic heterocycles. The number of sulfonamides is 1. The first-order chi connectivity index (χ1) is 13.8. The maximum absolute atomic E-state index is 12.9. The first kappa shape index (κ1) is 21.5. The third kappa shape index (κ3) is 4.67. The fourth-order valence-electron chi connectivity index (χ4n) is 3.36. The molecule has 1 fully saturated rings. The van der Waals surface area contributed by atoms with Crippen molar-refractivity contribution in [3.63, 3.8) is 0 Å². The van der Waals surface area contributed by atoms with Crippen LogP contribution in [0.25, 0.3) is 0 Å². The normalized spacial score (nSPS) is 14.9. The molecule has 156 valence electrons. The Morgan fingerprint density at radius 2 is 1.66 bits per heavy atom. The lowest BCUT2D eigenvalue weighted by Gasteiger charge is -2.23. The van der Waals surface area contributed by atoms with Gasteiger partial charge in [0.05, 0.1) is 28.3 Å². The molecule has 0 aromatic heterocycles. The maximum Gasteiger partial charge on any atom is 0.264 e. The zero-order chi connectivity index (χ0) is 21.0. The lowest BCUT2D eigenvalue weighted by atomic mass is 10.1. The molecule has 6 nitrogen and oxygen atoms in total. The molecule has 0 aliphatic carbocycles. The minimum atomic E-state index is -3.77. The zero-order valence-electron chi connectivity index (χ0n) is 16.6. The Hall–Kier alpha value is -2.25. The molecule has 0 unspecified atom stereocenters. The summed E-state index contributed by atoms with van der Waals surface area (Å²) in [4.78, 5) is 14.8. The van der Waals surface area contributed by atoms with Crippen LogP contribution in [-0.2, 0) is 10.0 Å². The van der Waals surface area contributed by atoms with E-state index in [1.54, 1.807) is 24.3 Å². The second-order valence-corrected chi connectivity index (χ2v) is 9.40. The molecule has 2 aromatic carbocycles. The molecule has 1 aliphatic rings. The van der Waals surface area contributed by atoms with Gasteiger partial charge in [0, 0.05) is 20.1 Å². The van der Waals surface area contributed by atoms with E-state index in [1.807, 2.05) is 4.90 Å². The molecule has 29 heavy (non-hydrogen) atoms. The van der Waals surface area contributed by atoms with E-state index in [9.17, 15) is 13.2 Å². The van der Waals surface area contributed by atoms with Crippen LogP contribution in [0.2, 0.25) is 5.02 Å². The summed E-state index contributed by atoms with van der Waals surface area (Å²) < 4.78 is 32.1. The van der Waals surface area contributed by atoms with Crippen LogP contribution < -0.4 is 9.04 Å². The van der Waals surface area contributed by atoms with Crippen LogP contribution in [0.15, 0.2) is 47.4 Å². The SMILES string of the molecule is COc1ccc(S(=O)(=O)N(C)c2ccc(C(=O)N3CCCCCC3)c(Cl)c2)cc1. The topological polar surface area (TPSA) is 66.9 Å². The summed E-state index contributed by atoms with van der Waals surface area (Å²) in [5, 5.41) is 0.244. The quantitative estimate of drug-likeness (QED) is 0.704. The van der Waals surface area contributed by atoms with Crippen molar-refractivity contribution in [2.24, 2.45) is 0 Å². The monoisotopic (exact) mass is 436 g/mol. The van der Waals surface area contributed by atoms with E-state index in [2.05, 4.69) is 0 Å². The molecule has 3 rings (SSSR count). The highest BCUT2D eigenvalue weighted by molar-refractivity contribution is 7.92. The minimum absolute atomic E-state index is 0.107. The number of rotatable bonds is 5. The number of amides is 1. The maximum atomic E-state index is 12.9. The summed E-state index contributed by atoms with van der Waals surface area (Å²) >= 11 is 6.38. The number of ether oxygens (including phenoxy) is 1. The van der Waals surface area contributed by atoms with Gasteiger partial charge in [0.25, 0.3) is 15.9 Å². The minimum Gasteiger partial charge on any atom is -0.497 e. The number of likely N-dealkylation sites (tertiary alicyclic amines) is 1. The molecular formula is C21H25ClN2O4S. The molecule has 2 aromatic rings. The van der Waals surface area contributed by atoms with Gasteiger partial charge in [0.2, 0.25) is 0 Å². The zero-order valence-corrected chi connectivity index (χ0v) is 18.2. The van der Waals surface area contributed by atoms with Gasteiger partial charge in [-0.2, -0.15) is 0 Å². The number of anilines is 1. The molecule has 0 bridgehead atoms. The predicted octanol–water partition coefficient (Wildman–Crippen LogP) is 4.19. The Balaban J connectivity index is 1.83. The summed E-state index contributed by atoms with van der Waals surface area (Å²) in [5.41, 5.74) is 0.783. The van der Waals surface area contributed by atoms with Crippen molar-refractivity contribution in [1.29, 1.82) is 0 Å². The van der Waals surface area contributed by atoms with Gasteiger partial charge in [-0.25, -0.2) is 8.42 Å². The first-order valence-corrected chi connectivity index (χ1v) is 11.4. The van der Waals surface area contributed by atoms with E-state index in [0.29, 0.717) is 17.0 Å². The Bertz CT molecular complexity index is 969. The highest BCUT2D eigenvalue weighted by atomic mass is 35.5. The van der Waals surface area contributed by atoms with Crippen molar-refractivity contribution < 1.29 is 17.9 Å². The van der Waals surface area contributed by atoms with Crippen molar-refractivity contribution >= 4 is 33.2 Å². The lowest BCUT2D eigenvalue weighted by Crippen LogP contribution is -2.32. The molecule has 8 heteroatoms. The smallest absolute Gasteiger partial charge is 0.264 e. The molecule has 0 radical (unpaired) electrons. The van der Waals surface area contributed by atoms with Crippen LogP contribution in [0.1, 0.15) is 36.0 Å². The van der Waals surface area contributed by atoms with Gasteiger partial charge in [-0.3, -0.25) is 9.10 Å². The van der Waals surface area contributed by atoms with Gasteiger partial charge < -0.3 is 9.64 Å². The molecule has 0 spiro atoms. The van der Waals surface area contributed by atoms with Crippen molar-refractivity contribution in [2.75, 3.05) is 31.6 Å². The van der Waals surface area contributed by atoms with E-state index in [0.717, 1.165) is 43.1 Å². The van der Waals surface area contributed by atoms with Crippen molar-refractivity contribution in [2.45, 2.75) is 30.6 Å². The average molecular weight is 437 g/mol. The predicted molar refractivity (Wildman–Crippen MR) is 114 cm³/mol. The van der Waals surface area contributed by atoms with Gasteiger partial charge in [0.1, 0.15) is 5.75 Å². The molecular weight excluding hydrogens is 412 g/mol. The Morgan fingerprint density at radius 1 is 1.03 bits per heavy atom. The standard InChI is InChI=1S/C21H25ClN2O4S/c1-23(29(26,27)18-10-8-17(28-2)9-11-18)16-7-12-19(20(22)15-16)21(25)24-13-5-3-4-6-14-24/h7-12,15H,3-6,13-14H2,1-2H3. The lowest BCUT2D eigenvalue weighted by molar-refractivity contribution is 0.0762. The second-order valence-electron chi connectivity index (χ2n) is 7.02. The molecule has 1 heterocycles. The summed E-state index contributed by atoms with van der Waals surface area (Å²) in [5.74, 6) is 0.468. The summed E-state index contributed by atoms with van der Waals surface area (Å²) in [6.07, 6.45) is 4.24. The Morgan fingerprint density at radius 3 is 2.21 bits per heavy atom. The van der Waals surface area contributed by atoms with E-state index < -0.39 is 10.0 Å². The second kappa shape index (κ2) is 9.05. The largest absolute Gasteiger partial charge is 0.497 e. The van der Waals surface area contributed by atoms with Crippen molar-refractivity contribution in [3.05, 3.63) is 53.1 Å². The van der Waals surface area contributed by atoms with Crippen LogP contribution >= 0.6 is 11.6 Å². The van der Waals surface area contributed by atoms with E-state index >= 15 is 0 Å². The van der Waals surface area contributed by atoms with Gasteiger partial charge in [0.15, 0.2) is 0 Å². The fraction of sp³-hybridized carbons (Fsp3) is 0.381.